The van der Waals surface area contributed by atoms with E-state index >= 15 is 0 Å². The lowest BCUT2D eigenvalue weighted by molar-refractivity contribution is 0.670. The lowest BCUT2D eigenvalue weighted by Crippen LogP contribution is -2.13. The van der Waals surface area contributed by atoms with Gasteiger partial charge in [0.2, 0.25) is 0 Å². The van der Waals surface area contributed by atoms with E-state index in [9.17, 15) is 0 Å². The van der Waals surface area contributed by atoms with Gasteiger partial charge in [-0.25, -0.2) is 0 Å². The Balaban J connectivity index is 1.20. The molecule has 0 bridgehead atoms. The fourth-order valence-electron chi connectivity index (χ4n) is 8.76. The van der Waals surface area contributed by atoms with Crippen LogP contribution < -0.4 is 4.90 Å². The lowest BCUT2D eigenvalue weighted by atomic mass is 9.91. The third kappa shape index (κ3) is 5.74. The monoisotopic (exact) mass is 739 g/mol. The SMILES string of the molecule is c1ccc(-c2ccccc2N(c2cccc(-c3cccc4c3oc3ccccc34)c2)c2cc(-c3cc4ccccc4c4ccccc34)ccc2-c2ccccc2)cc1. The predicted molar refractivity (Wildman–Crippen MR) is 245 cm³/mol. The second-order valence-corrected chi connectivity index (χ2v) is 14.8. The summed E-state index contributed by atoms with van der Waals surface area (Å²) in [5, 5.41) is 7.21. The number of rotatable bonds is 7. The minimum Gasteiger partial charge on any atom is -0.455 e. The summed E-state index contributed by atoms with van der Waals surface area (Å²) < 4.78 is 6.58. The van der Waals surface area contributed by atoms with Crippen molar-refractivity contribution in [1.82, 2.24) is 0 Å². The van der Waals surface area contributed by atoms with E-state index in [1.165, 1.54) is 27.1 Å². The first kappa shape index (κ1) is 33.6. The van der Waals surface area contributed by atoms with Crippen molar-refractivity contribution in [3.05, 3.63) is 224 Å². The highest BCUT2D eigenvalue weighted by Crippen LogP contribution is 2.48. The maximum atomic E-state index is 6.58. The third-order valence-corrected chi connectivity index (χ3v) is 11.5. The van der Waals surface area contributed by atoms with Crippen LogP contribution in [-0.4, -0.2) is 0 Å². The molecule has 0 saturated heterocycles. The number of nitrogens with zero attached hydrogens (tertiary/aromatic N) is 1. The van der Waals surface area contributed by atoms with Crippen molar-refractivity contribution in [3.8, 4) is 44.5 Å². The first-order valence-corrected chi connectivity index (χ1v) is 19.8. The third-order valence-electron chi connectivity index (χ3n) is 11.5. The minimum atomic E-state index is 0.894. The number of hydrogen-bond acceptors (Lipinski definition) is 2. The Kier molecular flexibility index (Phi) is 8.19. The highest BCUT2D eigenvalue weighted by atomic mass is 16.3. The number of anilines is 3. The zero-order valence-corrected chi connectivity index (χ0v) is 31.7. The molecule has 0 unspecified atom stereocenters. The van der Waals surface area contributed by atoms with Gasteiger partial charge in [-0.05, 0) is 85.8 Å². The van der Waals surface area contributed by atoms with Crippen LogP contribution in [0.2, 0.25) is 0 Å². The van der Waals surface area contributed by atoms with Gasteiger partial charge in [-0.2, -0.15) is 0 Å². The van der Waals surface area contributed by atoms with Crippen LogP contribution in [0.1, 0.15) is 0 Å². The van der Waals surface area contributed by atoms with Gasteiger partial charge in [0.1, 0.15) is 11.2 Å². The predicted octanol–water partition coefficient (Wildman–Crippen LogP) is 16.0. The molecule has 2 nitrogen and oxygen atoms in total. The van der Waals surface area contributed by atoms with Crippen LogP contribution >= 0.6 is 0 Å². The van der Waals surface area contributed by atoms with E-state index in [0.29, 0.717) is 0 Å². The molecule has 0 radical (unpaired) electrons. The summed E-state index contributed by atoms with van der Waals surface area (Å²) >= 11 is 0. The molecule has 0 atom stereocenters. The van der Waals surface area contributed by atoms with Crippen LogP contribution in [0, 0.1) is 0 Å². The Bertz CT molecular complexity index is 3290. The van der Waals surface area contributed by atoms with Gasteiger partial charge in [-0.3, -0.25) is 0 Å². The second-order valence-electron chi connectivity index (χ2n) is 14.8. The van der Waals surface area contributed by atoms with Gasteiger partial charge >= 0.3 is 0 Å². The number of fused-ring (bicyclic) bond motifs is 6. The van der Waals surface area contributed by atoms with Gasteiger partial charge in [-0.15, -0.1) is 0 Å². The first-order chi connectivity index (χ1) is 28.8. The summed E-state index contributed by atoms with van der Waals surface area (Å²) in [4.78, 5) is 2.46. The Morgan fingerprint density at radius 3 is 1.67 bits per heavy atom. The molecule has 1 aromatic heterocycles. The number of benzene rings is 10. The van der Waals surface area contributed by atoms with Crippen molar-refractivity contribution >= 4 is 60.5 Å². The zero-order chi connectivity index (χ0) is 38.4. The van der Waals surface area contributed by atoms with Gasteiger partial charge in [0.05, 0.1) is 11.4 Å². The summed E-state index contributed by atoms with van der Waals surface area (Å²) in [7, 11) is 0. The molecule has 0 N–H and O–H groups in total. The largest absolute Gasteiger partial charge is 0.455 e. The second kappa shape index (κ2) is 14.1. The van der Waals surface area contributed by atoms with Crippen molar-refractivity contribution < 1.29 is 4.42 Å². The molecule has 0 spiro atoms. The van der Waals surface area contributed by atoms with Gasteiger partial charge in [0, 0.05) is 33.2 Å². The summed E-state index contributed by atoms with van der Waals surface area (Å²) in [6.07, 6.45) is 0. The van der Waals surface area contributed by atoms with Crippen LogP contribution in [0.4, 0.5) is 17.1 Å². The molecule has 10 aromatic carbocycles. The van der Waals surface area contributed by atoms with Crippen molar-refractivity contribution in [2.24, 2.45) is 0 Å². The van der Waals surface area contributed by atoms with E-state index in [2.05, 4.69) is 223 Å². The van der Waals surface area contributed by atoms with E-state index < -0.39 is 0 Å². The lowest BCUT2D eigenvalue weighted by Gasteiger charge is -2.31. The van der Waals surface area contributed by atoms with Crippen LogP contribution in [0.25, 0.3) is 88.0 Å². The smallest absolute Gasteiger partial charge is 0.143 e. The van der Waals surface area contributed by atoms with Crippen LogP contribution in [0.15, 0.2) is 229 Å². The normalized spacial score (nSPS) is 11.4. The molecule has 0 fully saturated rings. The Labute approximate surface area is 337 Å². The number of hydrogen-bond donors (Lipinski definition) is 0. The van der Waals surface area contributed by atoms with Gasteiger partial charge < -0.3 is 9.32 Å². The van der Waals surface area contributed by atoms with Gasteiger partial charge in [-0.1, -0.05) is 188 Å². The van der Waals surface area contributed by atoms with E-state index in [-0.39, 0.29) is 0 Å². The van der Waals surface area contributed by atoms with Crippen molar-refractivity contribution in [2.45, 2.75) is 0 Å². The summed E-state index contributed by atoms with van der Waals surface area (Å²) in [5.41, 5.74) is 14.1. The van der Waals surface area contributed by atoms with Crippen LogP contribution in [-0.2, 0) is 0 Å². The standard InChI is InChI=1S/C56H37NO/c1-3-17-38(18-4-1)45-25-11-13-31-53(45)57(43-23-15-22-40(35-43)47-29-16-30-51-50-28-12-14-32-55(50)58-56(47)51)54-37-42(33-34-46(54)39-19-5-2-6-20-39)52-36-41-21-7-8-24-44(41)48-26-9-10-27-49(48)52/h1-37H. The molecular weight excluding hydrogens is 703 g/mol. The zero-order valence-electron chi connectivity index (χ0n) is 31.7. The minimum absolute atomic E-state index is 0.894. The van der Waals surface area contributed by atoms with E-state index in [0.717, 1.165) is 77.9 Å². The summed E-state index contributed by atoms with van der Waals surface area (Å²) in [6, 6.07) is 80.8. The van der Waals surface area contributed by atoms with E-state index in [1.54, 1.807) is 0 Å². The fraction of sp³-hybridized carbons (Fsp3) is 0. The maximum Gasteiger partial charge on any atom is 0.143 e. The molecule has 0 aliphatic rings. The van der Waals surface area contributed by atoms with Crippen LogP contribution in [0.5, 0.6) is 0 Å². The highest BCUT2D eigenvalue weighted by molar-refractivity contribution is 6.14. The van der Waals surface area contributed by atoms with Crippen molar-refractivity contribution in [3.63, 3.8) is 0 Å². The average Bonchev–Trinajstić information content (AvgIpc) is 3.69. The summed E-state index contributed by atoms with van der Waals surface area (Å²) in [5.74, 6) is 0. The molecule has 0 saturated carbocycles. The highest BCUT2D eigenvalue weighted by Gasteiger charge is 2.23. The molecule has 0 amide bonds. The average molecular weight is 740 g/mol. The Morgan fingerprint density at radius 2 is 0.862 bits per heavy atom. The van der Waals surface area contributed by atoms with Crippen molar-refractivity contribution in [1.29, 1.82) is 0 Å². The molecule has 58 heavy (non-hydrogen) atoms. The van der Waals surface area contributed by atoms with Gasteiger partial charge in [0.25, 0.3) is 0 Å². The molecule has 1 heterocycles. The molecule has 11 rings (SSSR count). The van der Waals surface area contributed by atoms with Crippen LogP contribution in [0.3, 0.4) is 0 Å². The molecule has 0 aliphatic carbocycles. The fourth-order valence-corrected chi connectivity index (χ4v) is 8.76. The molecule has 272 valence electrons. The van der Waals surface area contributed by atoms with E-state index in [4.69, 9.17) is 4.42 Å². The Hall–Kier alpha value is -7.68. The van der Waals surface area contributed by atoms with E-state index in [1.807, 2.05) is 6.07 Å². The molecule has 2 heteroatoms. The first-order valence-electron chi connectivity index (χ1n) is 19.8. The Morgan fingerprint density at radius 1 is 0.293 bits per heavy atom. The molecule has 0 aliphatic heterocycles. The number of furan rings is 1. The molecular formula is C56H37NO. The number of para-hydroxylation sites is 3. The van der Waals surface area contributed by atoms with Crippen molar-refractivity contribution in [2.75, 3.05) is 4.90 Å². The quantitative estimate of drug-likeness (QED) is 0.151. The maximum absolute atomic E-state index is 6.58. The summed E-state index contributed by atoms with van der Waals surface area (Å²) in [6.45, 7) is 0. The molecule has 11 aromatic rings. The topological polar surface area (TPSA) is 16.4 Å². The van der Waals surface area contributed by atoms with Gasteiger partial charge in [0.15, 0.2) is 0 Å².